The van der Waals surface area contributed by atoms with Gasteiger partial charge in [-0.05, 0) is 55.2 Å². The van der Waals surface area contributed by atoms with Gasteiger partial charge in [-0.15, -0.1) is 12.4 Å². The smallest absolute Gasteiger partial charge is 0.316 e. The van der Waals surface area contributed by atoms with Gasteiger partial charge in [-0.1, -0.05) is 18.6 Å². The molecule has 0 spiro atoms. The minimum Gasteiger partial charge on any atom is -0.352 e. The molecule has 2 saturated carbocycles. The largest absolute Gasteiger partial charge is 0.352 e. The Morgan fingerprint density at radius 3 is 2.24 bits per heavy atom. The summed E-state index contributed by atoms with van der Waals surface area (Å²) in [6.45, 7) is 0.494. The minimum atomic E-state index is -0.586. The first-order chi connectivity index (χ1) is 11.5. The number of urea groups is 1. The van der Waals surface area contributed by atoms with E-state index in [1.165, 1.54) is 6.42 Å². The number of benzene rings is 1. The fraction of sp³-hybridized carbons (Fsp3) is 0.556. The van der Waals surface area contributed by atoms with Crippen molar-refractivity contribution in [1.29, 1.82) is 0 Å². The van der Waals surface area contributed by atoms with Crippen LogP contribution in [0.2, 0.25) is 0 Å². The maximum absolute atomic E-state index is 12.5. The van der Waals surface area contributed by atoms with Crippen molar-refractivity contribution in [3.05, 3.63) is 29.8 Å². The molecule has 2 atom stereocenters. The van der Waals surface area contributed by atoms with E-state index in [9.17, 15) is 9.59 Å². The van der Waals surface area contributed by atoms with Gasteiger partial charge in [0.25, 0.3) is 0 Å². The number of halogens is 1. The zero-order chi connectivity index (χ0) is 17.1. The van der Waals surface area contributed by atoms with Gasteiger partial charge in [-0.25, -0.2) is 4.79 Å². The molecule has 6 nitrogen and oxygen atoms in total. The molecule has 6 N–H and O–H groups in total. The van der Waals surface area contributed by atoms with Crippen LogP contribution in [0.5, 0.6) is 0 Å². The summed E-state index contributed by atoms with van der Waals surface area (Å²) in [6.07, 6.45) is 5.42. The van der Waals surface area contributed by atoms with E-state index in [0.717, 1.165) is 31.2 Å². The second-order valence-corrected chi connectivity index (χ2v) is 7.10. The number of nitrogens with one attached hydrogen (secondary N) is 2. The van der Waals surface area contributed by atoms with Gasteiger partial charge in [0.2, 0.25) is 5.91 Å². The molecular formula is C18H27ClN4O2. The predicted octanol–water partition coefficient (Wildman–Crippen LogP) is 2.37. The van der Waals surface area contributed by atoms with E-state index in [1.54, 1.807) is 12.1 Å². The summed E-state index contributed by atoms with van der Waals surface area (Å²) in [5.41, 5.74) is 13.0. The number of hydrogen-bond donors (Lipinski definition) is 4. The van der Waals surface area contributed by atoms with E-state index in [2.05, 4.69) is 10.6 Å². The minimum absolute atomic E-state index is 0. The van der Waals surface area contributed by atoms with Crippen molar-refractivity contribution in [1.82, 2.24) is 5.32 Å². The third-order valence-electron chi connectivity index (χ3n) is 5.47. The molecule has 0 aromatic heterocycles. The third kappa shape index (κ3) is 4.86. The fourth-order valence-corrected chi connectivity index (χ4v) is 4.18. The number of hydrogen-bond acceptors (Lipinski definition) is 3. The molecule has 25 heavy (non-hydrogen) atoms. The van der Waals surface area contributed by atoms with Crippen LogP contribution in [0, 0.1) is 17.8 Å². The van der Waals surface area contributed by atoms with Crippen LogP contribution in [0.25, 0.3) is 0 Å². The van der Waals surface area contributed by atoms with Crippen molar-refractivity contribution in [2.75, 3.05) is 5.32 Å². The maximum Gasteiger partial charge on any atom is 0.316 e. The van der Waals surface area contributed by atoms with Crippen molar-refractivity contribution in [3.63, 3.8) is 0 Å². The molecule has 1 aromatic rings. The Balaban J connectivity index is 0.00000225. The van der Waals surface area contributed by atoms with Crippen LogP contribution in [-0.4, -0.2) is 18.0 Å². The highest BCUT2D eigenvalue weighted by molar-refractivity contribution is 5.87. The monoisotopic (exact) mass is 366 g/mol. The van der Waals surface area contributed by atoms with E-state index in [1.807, 2.05) is 12.1 Å². The Morgan fingerprint density at radius 2 is 1.68 bits per heavy atom. The quantitative estimate of drug-likeness (QED) is 0.656. The molecule has 7 heteroatoms. The molecule has 0 heterocycles. The number of fused-ring (bicyclic) bond motifs is 2. The molecule has 2 fully saturated rings. The summed E-state index contributed by atoms with van der Waals surface area (Å²) < 4.78 is 0. The summed E-state index contributed by atoms with van der Waals surface area (Å²) in [5.74, 6) is 1.24. The van der Waals surface area contributed by atoms with Crippen LogP contribution in [0.4, 0.5) is 10.5 Å². The van der Waals surface area contributed by atoms with E-state index >= 15 is 0 Å². The van der Waals surface area contributed by atoms with Crippen molar-refractivity contribution in [3.8, 4) is 0 Å². The fourth-order valence-electron chi connectivity index (χ4n) is 4.18. The highest BCUT2D eigenvalue weighted by atomic mass is 35.5. The molecule has 2 bridgehead atoms. The molecule has 1 aromatic carbocycles. The summed E-state index contributed by atoms with van der Waals surface area (Å²) >= 11 is 0. The van der Waals surface area contributed by atoms with Gasteiger partial charge < -0.3 is 22.1 Å². The lowest BCUT2D eigenvalue weighted by molar-refractivity contribution is -0.128. The molecule has 3 amide bonds. The van der Waals surface area contributed by atoms with Crippen LogP contribution in [0.15, 0.2) is 24.3 Å². The average molecular weight is 367 g/mol. The predicted molar refractivity (Wildman–Crippen MR) is 100 cm³/mol. The second kappa shape index (κ2) is 8.54. The van der Waals surface area contributed by atoms with E-state index in [0.29, 0.717) is 24.1 Å². The Kier molecular flexibility index (Phi) is 6.67. The Labute approximate surface area is 154 Å². The highest BCUT2D eigenvalue weighted by Crippen LogP contribution is 2.41. The zero-order valence-electron chi connectivity index (χ0n) is 14.2. The molecule has 0 saturated heterocycles. The molecule has 3 rings (SSSR count). The van der Waals surface area contributed by atoms with Crippen LogP contribution in [-0.2, 0) is 11.3 Å². The number of rotatable bonds is 4. The molecule has 2 unspecified atom stereocenters. The van der Waals surface area contributed by atoms with E-state index < -0.39 is 6.03 Å². The SMILES string of the molecule is Cl.NC(=O)Nc1ccc(CNC(=O)C2CC3CCCC(C2)C3N)cc1. The number of amides is 3. The summed E-state index contributed by atoms with van der Waals surface area (Å²) in [4.78, 5) is 23.3. The van der Waals surface area contributed by atoms with Gasteiger partial charge in [0.1, 0.15) is 0 Å². The topological polar surface area (TPSA) is 110 Å². The number of carbonyl (C=O) groups excluding carboxylic acids is 2. The summed E-state index contributed by atoms with van der Waals surface area (Å²) in [5, 5.41) is 5.56. The van der Waals surface area contributed by atoms with Gasteiger partial charge in [0.15, 0.2) is 0 Å². The van der Waals surface area contributed by atoms with E-state index in [4.69, 9.17) is 11.5 Å². The molecule has 0 aliphatic heterocycles. The number of primary amides is 1. The molecule has 2 aliphatic rings. The number of carbonyl (C=O) groups is 2. The molecule has 138 valence electrons. The van der Waals surface area contributed by atoms with Gasteiger partial charge in [0.05, 0.1) is 0 Å². The Morgan fingerprint density at radius 1 is 1.08 bits per heavy atom. The number of nitrogens with two attached hydrogens (primary N) is 2. The van der Waals surface area contributed by atoms with E-state index in [-0.39, 0.29) is 30.3 Å². The molecule has 0 radical (unpaired) electrons. The standard InChI is InChI=1S/C18H26N4O2.ClH/c19-16-12-2-1-3-13(16)9-14(8-12)17(23)21-10-11-4-6-15(7-5-11)22-18(20)24;/h4-7,12-14,16H,1-3,8-10,19H2,(H,21,23)(H3,20,22,24);1H. The van der Waals surface area contributed by atoms with Gasteiger partial charge in [-0.3, -0.25) is 4.79 Å². The lowest BCUT2D eigenvalue weighted by Gasteiger charge is -2.43. The average Bonchev–Trinajstić information content (AvgIpc) is 2.53. The molecule has 2 aliphatic carbocycles. The third-order valence-corrected chi connectivity index (χ3v) is 5.47. The Hall–Kier alpha value is -1.79. The van der Waals surface area contributed by atoms with Gasteiger partial charge in [0, 0.05) is 24.2 Å². The summed E-state index contributed by atoms with van der Waals surface area (Å²) in [6, 6.07) is 6.99. The first-order valence-corrected chi connectivity index (χ1v) is 8.71. The maximum atomic E-state index is 12.5. The van der Waals surface area contributed by atoms with Crippen LogP contribution >= 0.6 is 12.4 Å². The normalized spacial score (nSPS) is 27.7. The van der Waals surface area contributed by atoms with Crippen molar-refractivity contribution < 1.29 is 9.59 Å². The Bertz CT molecular complexity index is 594. The van der Waals surface area contributed by atoms with Gasteiger partial charge >= 0.3 is 6.03 Å². The first kappa shape index (κ1) is 19.5. The lowest BCUT2D eigenvalue weighted by atomic mass is 9.65. The van der Waals surface area contributed by atoms with Crippen molar-refractivity contribution in [2.24, 2.45) is 29.2 Å². The highest BCUT2D eigenvalue weighted by Gasteiger charge is 2.40. The lowest BCUT2D eigenvalue weighted by Crippen LogP contribution is -2.49. The van der Waals surface area contributed by atoms with Crippen molar-refractivity contribution >= 4 is 30.0 Å². The zero-order valence-corrected chi connectivity index (χ0v) is 15.1. The first-order valence-electron chi connectivity index (χ1n) is 8.71. The van der Waals surface area contributed by atoms with Gasteiger partial charge in [-0.2, -0.15) is 0 Å². The van der Waals surface area contributed by atoms with Crippen LogP contribution in [0.3, 0.4) is 0 Å². The number of anilines is 1. The van der Waals surface area contributed by atoms with Crippen molar-refractivity contribution in [2.45, 2.75) is 44.7 Å². The van der Waals surface area contributed by atoms with Crippen LogP contribution in [0.1, 0.15) is 37.7 Å². The van der Waals surface area contributed by atoms with Crippen LogP contribution < -0.4 is 22.1 Å². The second-order valence-electron chi connectivity index (χ2n) is 7.10. The molecular weight excluding hydrogens is 340 g/mol. The summed E-state index contributed by atoms with van der Waals surface area (Å²) in [7, 11) is 0.